The molecule has 0 aliphatic heterocycles. The van der Waals surface area contributed by atoms with E-state index in [0.29, 0.717) is 11.1 Å². The maximum absolute atomic E-state index is 13.8. The lowest BCUT2D eigenvalue weighted by atomic mass is 9.97. The van der Waals surface area contributed by atoms with Crippen molar-refractivity contribution in [3.05, 3.63) is 70.0 Å². The first-order valence-corrected chi connectivity index (χ1v) is 5.66. The fourth-order valence-electron chi connectivity index (χ4n) is 1.98. The molecule has 0 amide bonds. The van der Waals surface area contributed by atoms with Gasteiger partial charge in [-0.1, -0.05) is 6.07 Å². The highest BCUT2D eigenvalue weighted by Gasteiger charge is 2.18. The normalized spacial score (nSPS) is 10.6. The lowest BCUT2D eigenvalue weighted by molar-refractivity contribution is 0.103. The molecular weight excluding hydrogens is 253 g/mol. The van der Waals surface area contributed by atoms with Crippen LogP contribution < -0.4 is 0 Å². The number of hydrogen-bond donors (Lipinski definition) is 0. The second-order valence-corrected chi connectivity index (χ2v) is 4.40. The van der Waals surface area contributed by atoms with Crippen LogP contribution in [0.15, 0.2) is 30.3 Å². The Morgan fingerprint density at radius 2 is 1.58 bits per heavy atom. The monoisotopic (exact) mass is 264 g/mol. The third kappa shape index (κ3) is 2.52. The fourth-order valence-corrected chi connectivity index (χ4v) is 1.98. The van der Waals surface area contributed by atoms with E-state index in [2.05, 4.69) is 0 Å². The van der Waals surface area contributed by atoms with Crippen molar-refractivity contribution in [2.75, 3.05) is 0 Å². The number of aryl methyl sites for hydroxylation is 2. The largest absolute Gasteiger partial charge is 0.288 e. The van der Waals surface area contributed by atoms with Gasteiger partial charge in [-0.15, -0.1) is 0 Å². The number of ketones is 1. The second-order valence-electron chi connectivity index (χ2n) is 4.40. The molecule has 0 aromatic heterocycles. The first-order chi connectivity index (χ1) is 8.90. The minimum atomic E-state index is -1.13. The van der Waals surface area contributed by atoms with Gasteiger partial charge in [-0.05, 0) is 49.2 Å². The third-order valence-corrected chi connectivity index (χ3v) is 2.84. The second kappa shape index (κ2) is 4.88. The molecule has 0 N–H and O–H groups in total. The number of carbonyl (C=O) groups excluding carboxylic acids is 1. The van der Waals surface area contributed by atoms with Gasteiger partial charge in [0.05, 0.1) is 5.56 Å². The molecule has 0 aliphatic rings. The fraction of sp³-hybridized carbons (Fsp3) is 0.133. The molecule has 0 heterocycles. The lowest BCUT2D eigenvalue weighted by Crippen LogP contribution is -2.08. The van der Waals surface area contributed by atoms with E-state index in [-0.39, 0.29) is 11.1 Å². The van der Waals surface area contributed by atoms with Crippen molar-refractivity contribution in [2.45, 2.75) is 13.8 Å². The summed E-state index contributed by atoms with van der Waals surface area (Å²) in [6.45, 7) is 3.31. The summed E-state index contributed by atoms with van der Waals surface area (Å²) >= 11 is 0. The molecule has 2 aromatic rings. The van der Waals surface area contributed by atoms with Crippen molar-refractivity contribution in [1.82, 2.24) is 0 Å². The van der Waals surface area contributed by atoms with Crippen molar-refractivity contribution in [1.29, 1.82) is 0 Å². The third-order valence-electron chi connectivity index (χ3n) is 2.84. The summed E-state index contributed by atoms with van der Waals surface area (Å²) in [5.41, 5.74) is 0.963. The molecule has 0 spiro atoms. The van der Waals surface area contributed by atoms with Crippen LogP contribution in [0.3, 0.4) is 0 Å². The highest BCUT2D eigenvalue weighted by Crippen LogP contribution is 2.20. The molecule has 0 aliphatic carbocycles. The molecule has 0 fully saturated rings. The standard InChI is InChI=1S/C15H11F3O/c1-8-5-9(2)14(13(18)6-8)15(19)10-3-4-11(16)12(17)7-10/h3-7H,1-2H3. The molecule has 19 heavy (non-hydrogen) atoms. The van der Waals surface area contributed by atoms with Crippen LogP contribution in [-0.4, -0.2) is 5.78 Å². The first kappa shape index (κ1) is 13.3. The van der Waals surface area contributed by atoms with Crippen LogP contribution in [0, 0.1) is 31.3 Å². The molecule has 0 radical (unpaired) electrons. The van der Waals surface area contributed by atoms with Gasteiger partial charge >= 0.3 is 0 Å². The molecule has 2 aromatic carbocycles. The van der Waals surface area contributed by atoms with Crippen molar-refractivity contribution in [3.8, 4) is 0 Å². The Labute approximate surface area is 108 Å². The molecule has 4 heteroatoms. The van der Waals surface area contributed by atoms with Gasteiger partial charge in [0.15, 0.2) is 17.4 Å². The van der Waals surface area contributed by atoms with E-state index < -0.39 is 23.2 Å². The lowest BCUT2D eigenvalue weighted by Gasteiger charge is -2.08. The van der Waals surface area contributed by atoms with Gasteiger partial charge in [-0.2, -0.15) is 0 Å². The summed E-state index contributed by atoms with van der Waals surface area (Å²) in [6.07, 6.45) is 0. The van der Waals surface area contributed by atoms with Crippen LogP contribution in [0.2, 0.25) is 0 Å². The summed E-state index contributed by atoms with van der Waals surface area (Å²) in [5.74, 6) is -3.49. The van der Waals surface area contributed by atoms with E-state index in [9.17, 15) is 18.0 Å². The predicted molar refractivity (Wildman–Crippen MR) is 65.7 cm³/mol. The van der Waals surface area contributed by atoms with E-state index in [1.807, 2.05) is 0 Å². The van der Waals surface area contributed by atoms with Crippen LogP contribution in [0.4, 0.5) is 13.2 Å². The Balaban J connectivity index is 2.53. The molecule has 0 bridgehead atoms. The van der Waals surface area contributed by atoms with E-state index in [0.717, 1.165) is 18.2 Å². The van der Waals surface area contributed by atoms with E-state index in [1.165, 1.54) is 6.07 Å². The Kier molecular flexibility index (Phi) is 3.42. The van der Waals surface area contributed by atoms with Gasteiger partial charge in [-0.25, -0.2) is 13.2 Å². The minimum absolute atomic E-state index is 0.0789. The molecule has 0 atom stereocenters. The molecule has 0 unspecified atom stereocenters. The Bertz CT molecular complexity index is 639. The molecule has 2 rings (SSSR count). The predicted octanol–water partition coefficient (Wildman–Crippen LogP) is 3.95. The van der Waals surface area contributed by atoms with Gasteiger partial charge < -0.3 is 0 Å². The minimum Gasteiger partial charge on any atom is -0.288 e. The van der Waals surface area contributed by atoms with Crippen molar-refractivity contribution in [2.24, 2.45) is 0 Å². The Hall–Kier alpha value is -2.10. The summed E-state index contributed by atoms with van der Waals surface area (Å²) < 4.78 is 39.8. The van der Waals surface area contributed by atoms with Gasteiger partial charge in [0.2, 0.25) is 0 Å². The van der Waals surface area contributed by atoms with E-state index in [1.54, 1.807) is 19.9 Å². The molecule has 0 saturated carbocycles. The average molecular weight is 264 g/mol. The zero-order valence-electron chi connectivity index (χ0n) is 10.4. The summed E-state index contributed by atoms with van der Waals surface area (Å²) in [4.78, 5) is 12.1. The number of rotatable bonds is 2. The summed E-state index contributed by atoms with van der Waals surface area (Å²) in [6, 6.07) is 5.66. The zero-order chi connectivity index (χ0) is 14.2. The average Bonchev–Trinajstić information content (AvgIpc) is 2.31. The number of hydrogen-bond acceptors (Lipinski definition) is 1. The Morgan fingerprint density at radius 1 is 0.895 bits per heavy atom. The number of halogens is 3. The van der Waals surface area contributed by atoms with Crippen molar-refractivity contribution < 1.29 is 18.0 Å². The van der Waals surface area contributed by atoms with Gasteiger partial charge in [0.25, 0.3) is 0 Å². The van der Waals surface area contributed by atoms with Crippen LogP contribution >= 0.6 is 0 Å². The highest BCUT2D eigenvalue weighted by molar-refractivity contribution is 6.10. The maximum atomic E-state index is 13.8. The van der Waals surface area contributed by atoms with Gasteiger partial charge in [0, 0.05) is 5.56 Å². The topological polar surface area (TPSA) is 17.1 Å². The van der Waals surface area contributed by atoms with Crippen LogP contribution in [0.1, 0.15) is 27.0 Å². The molecule has 98 valence electrons. The maximum Gasteiger partial charge on any atom is 0.196 e. The van der Waals surface area contributed by atoms with Gasteiger partial charge in [0.1, 0.15) is 5.82 Å². The number of benzene rings is 2. The first-order valence-electron chi connectivity index (χ1n) is 5.66. The molecule has 0 saturated heterocycles. The summed E-state index contributed by atoms with van der Waals surface area (Å²) in [7, 11) is 0. The van der Waals surface area contributed by atoms with Gasteiger partial charge in [-0.3, -0.25) is 4.79 Å². The van der Waals surface area contributed by atoms with Crippen LogP contribution in [0.25, 0.3) is 0 Å². The van der Waals surface area contributed by atoms with E-state index >= 15 is 0 Å². The quantitative estimate of drug-likeness (QED) is 0.750. The highest BCUT2D eigenvalue weighted by atomic mass is 19.2. The Morgan fingerprint density at radius 3 is 2.16 bits per heavy atom. The number of carbonyl (C=O) groups is 1. The van der Waals surface area contributed by atoms with E-state index in [4.69, 9.17) is 0 Å². The smallest absolute Gasteiger partial charge is 0.196 e. The van der Waals surface area contributed by atoms with Crippen molar-refractivity contribution >= 4 is 5.78 Å². The SMILES string of the molecule is Cc1cc(C)c(C(=O)c2ccc(F)c(F)c2)c(F)c1. The molecule has 1 nitrogen and oxygen atoms in total. The van der Waals surface area contributed by atoms with Crippen LogP contribution in [-0.2, 0) is 0 Å². The summed E-state index contributed by atoms with van der Waals surface area (Å²) in [5, 5.41) is 0. The molecular formula is C15H11F3O. The van der Waals surface area contributed by atoms with Crippen LogP contribution in [0.5, 0.6) is 0 Å². The van der Waals surface area contributed by atoms with Crippen molar-refractivity contribution in [3.63, 3.8) is 0 Å². The zero-order valence-corrected chi connectivity index (χ0v) is 10.4.